The number of carbonyl (C=O) groups excluding carboxylic acids is 1. The average molecular weight is 384 g/mol. The van der Waals surface area contributed by atoms with E-state index in [1.807, 2.05) is 38.1 Å². The topological polar surface area (TPSA) is 87.5 Å². The molecule has 1 N–H and O–H groups in total. The molecule has 8 nitrogen and oxygen atoms in total. The highest BCUT2D eigenvalue weighted by Gasteiger charge is 2.15. The SMILES string of the molecule is COCCOCC(=O)Nc1cc(C)nn1-c1cc(C)c2cccc(OC)c2n1. The van der Waals surface area contributed by atoms with Gasteiger partial charge < -0.3 is 19.5 Å². The van der Waals surface area contributed by atoms with Gasteiger partial charge in [-0.05, 0) is 31.5 Å². The first-order valence-corrected chi connectivity index (χ1v) is 8.91. The van der Waals surface area contributed by atoms with E-state index in [-0.39, 0.29) is 12.5 Å². The number of aryl methyl sites for hydroxylation is 2. The van der Waals surface area contributed by atoms with Crippen LogP contribution in [-0.4, -0.2) is 54.7 Å². The van der Waals surface area contributed by atoms with E-state index in [4.69, 9.17) is 19.2 Å². The number of hydrogen-bond donors (Lipinski definition) is 1. The summed E-state index contributed by atoms with van der Waals surface area (Å²) in [6.07, 6.45) is 0. The number of para-hydroxylation sites is 1. The first kappa shape index (κ1) is 19.8. The fourth-order valence-electron chi connectivity index (χ4n) is 2.90. The molecule has 0 fully saturated rings. The number of rotatable bonds is 8. The molecule has 0 unspecified atom stereocenters. The minimum absolute atomic E-state index is 0.0639. The molecule has 0 saturated carbocycles. The van der Waals surface area contributed by atoms with E-state index in [2.05, 4.69) is 10.4 Å². The van der Waals surface area contributed by atoms with Crippen LogP contribution in [0, 0.1) is 13.8 Å². The minimum Gasteiger partial charge on any atom is -0.494 e. The van der Waals surface area contributed by atoms with Gasteiger partial charge in [0.25, 0.3) is 5.91 Å². The molecule has 0 atom stereocenters. The number of methoxy groups -OCH3 is 2. The first-order chi connectivity index (χ1) is 13.5. The van der Waals surface area contributed by atoms with Crippen molar-refractivity contribution in [1.82, 2.24) is 14.8 Å². The first-order valence-electron chi connectivity index (χ1n) is 8.91. The molecule has 28 heavy (non-hydrogen) atoms. The van der Waals surface area contributed by atoms with Crippen molar-refractivity contribution in [3.63, 3.8) is 0 Å². The molecule has 1 amide bonds. The summed E-state index contributed by atoms with van der Waals surface area (Å²) < 4.78 is 17.2. The lowest BCUT2D eigenvalue weighted by Crippen LogP contribution is -2.21. The van der Waals surface area contributed by atoms with Gasteiger partial charge in [-0.25, -0.2) is 4.98 Å². The maximum Gasteiger partial charge on any atom is 0.251 e. The summed E-state index contributed by atoms with van der Waals surface area (Å²) in [4.78, 5) is 16.9. The Morgan fingerprint density at radius 2 is 2.00 bits per heavy atom. The van der Waals surface area contributed by atoms with E-state index in [9.17, 15) is 4.79 Å². The van der Waals surface area contributed by atoms with E-state index in [1.165, 1.54) is 0 Å². The van der Waals surface area contributed by atoms with Gasteiger partial charge in [0.1, 0.15) is 23.7 Å². The van der Waals surface area contributed by atoms with Crippen LogP contribution in [0.1, 0.15) is 11.3 Å². The second kappa shape index (κ2) is 8.81. The number of nitrogens with one attached hydrogen (secondary N) is 1. The Morgan fingerprint density at radius 1 is 1.18 bits per heavy atom. The number of nitrogens with zero attached hydrogens (tertiary/aromatic N) is 3. The lowest BCUT2D eigenvalue weighted by atomic mass is 10.1. The summed E-state index contributed by atoms with van der Waals surface area (Å²) in [5, 5.41) is 8.32. The molecule has 0 saturated heterocycles. The molecule has 8 heteroatoms. The zero-order valence-electron chi connectivity index (χ0n) is 16.5. The molecule has 0 radical (unpaired) electrons. The summed E-state index contributed by atoms with van der Waals surface area (Å²) in [6.45, 7) is 4.59. The van der Waals surface area contributed by atoms with Crippen LogP contribution in [0.15, 0.2) is 30.3 Å². The summed E-state index contributed by atoms with van der Waals surface area (Å²) >= 11 is 0. The molecule has 148 valence electrons. The number of pyridine rings is 1. The van der Waals surface area contributed by atoms with Gasteiger partial charge in [-0.2, -0.15) is 9.78 Å². The number of amides is 1. The molecule has 0 bridgehead atoms. The molecular formula is C20H24N4O4. The standard InChI is InChI=1S/C20H24N4O4/c1-13-10-17(22-20-15(13)6-5-7-16(20)27-4)24-18(11-14(2)23-24)21-19(25)12-28-9-8-26-3/h5-7,10-11H,8-9,12H2,1-4H3,(H,21,25). The number of hydrogen-bond acceptors (Lipinski definition) is 6. The second-order valence-corrected chi connectivity index (χ2v) is 6.33. The van der Waals surface area contributed by atoms with Gasteiger partial charge in [0, 0.05) is 18.6 Å². The van der Waals surface area contributed by atoms with Crippen LogP contribution in [0.2, 0.25) is 0 Å². The molecule has 0 aliphatic heterocycles. The van der Waals surface area contributed by atoms with E-state index in [1.54, 1.807) is 25.0 Å². The molecular weight excluding hydrogens is 360 g/mol. The predicted octanol–water partition coefficient (Wildman–Crippen LogP) is 2.65. The lowest BCUT2D eigenvalue weighted by molar-refractivity contribution is -0.121. The smallest absolute Gasteiger partial charge is 0.251 e. The molecule has 0 aliphatic rings. The maximum atomic E-state index is 12.2. The quantitative estimate of drug-likeness (QED) is 0.601. The average Bonchev–Trinajstić information content (AvgIpc) is 3.04. The van der Waals surface area contributed by atoms with E-state index >= 15 is 0 Å². The largest absolute Gasteiger partial charge is 0.494 e. The van der Waals surface area contributed by atoms with Crippen LogP contribution in [0.4, 0.5) is 5.82 Å². The Labute approximate surface area is 163 Å². The zero-order valence-corrected chi connectivity index (χ0v) is 16.5. The number of carbonyl (C=O) groups is 1. The predicted molar refractivity (Wildman–Crippen MR) is 106 cm³/mol. The summed E-state index contributed by atoms with van der Waals surface area (Å²) in [7, 11) is 3.20. The van der Waals surface area contributed by atoms with E-state index in [0.717, 1.165) is 22.2 Å². The Kier molecular flexibility index (Phi) is 6.23. The lowest BCUT2D eigenvalue weighted by Gasteiger charge is -2.12. The number of fused-ring (bicyclic) bond motifs is 1. The Hall–Kier alpha value is -2.97. The monoisotopic (exact) mass is 384 g/mol. The molecule has 2 heterocycles. The molecule has 3 aromatic rings. The zero-order chi connectivity index (χ0) is 20.1. The van der Waals surface area contributed by atoms with E-state index < -0.39 is 0 Å². The molecule has 3 rings (SSSR count). The van der Waals surface area contributed by atoms with Gasteiger partial charge in [-0.1, -0.05) is 12.1 Å². The van der Waals surface area contributed by atoms with Gasteiger partial charge >= 0.3 is 0 Å². The van der Waals surface area contributed by atoms with E-state index in [0.29, 0.717) is 30.6 Å². The highest BCUT2D eigenvalue weighted by molar-refractivity contribution is 5.91. The highest BCUT2D eigenvalue weighted by atomic mass is 16.5. The third-order valence-electron chi connectivity index (χ3n) is 4.20. The van der Waals surface area contributed by atoms with Gasteiger partial charge in [0.15, 0.2) is 5.82 Å². The van der Waals surface area contributed by atoms with Gasteiger partial charge in [-0.3, -0.25) is 4.79 Å². The van der Waals surface area contributed by atoms with Crippen molar-refractivity contribution < 1.29 is 19.0 Å². The van der Waals surface area contributed by atoms with Crippen molar-refractivity contribution in [3.05, 3.63) is 41.6 Å². The normalized spacial score (nSPS) is 11.0. The van der Waals surface area contributed by atoms with Crippen LogP contribution in [0.3, 0.4) is 0 Å². The van der Waals surface area contributed by atoms with Crippen molar-refractivity contribution in [1.29, 1.82) is 0 Å². The number of benzene rings is 1. The number of aromatic nitrogens is 3. The summed E-state index contributed by atoms with van der Waals surface area (Å²) in [5.74, 6) is 1.54. The van der Waals surface area contributed by atoms with Crippen LogP contribution in [-0.2, 0) is 14.3 Å². The van der Waals surface area contributed by atoms with Crippen LogP contribution in [0.5, 0.6) is 5.75 Å². The van der Waals surface area contributed by atoms with Crippen LogP contribution < -0.4 is 10.1 Å². The molecule has 0 spiro atoms. The highest BCUT2D eigenvalue weighted by Crippen LogP contribution is 2.28. The fourth-order valence-corrected chi connectivity index (χ4v) is 2.90. The molecule has 1 aromatic carbocycles. The Balaban J connectivity index is 1.91. The number of anilines is 1. The van der Waals surface area contributed by atoms with Crippen LogP contribution >= 0.6 is 0 Å². The Morgan fingerprint density at radius 3 is 2.75 bits per heavy atom. The maximum absolute atomic E-state index is 12.2. The second-order valence-electron chi connectivity index (χ2n) is 6.33. The van der Waals surface area contributed by atoms with Crippen molar-refractivity contribution in [2.45, 2.75) is 13.8 Å². The summed E-state index contributed by atoms with van der Waals surface area (Å²) in [6, 6.07) is 9.52. The number of ether oxygens (including phenoxy) is 3. The molecule has 0 aliphatic carbocycles. The van der Waals surface area contributed by atoms with Gasteiger partial charge in [0.2, 0.25) is 0 Å². The van der Waals surface area contributed by atoms with Gasteiger partial charge in [0.05, 0.1) is 26.0 Å². The van der Waals surface area contributed by atoms with Gasteiger partial charge in [-0.15, -0.1) is 0 Å². The third kappa shape index (κ3) is 4.29. The van der Waals surface area contributed by atoms with Crippen molar-refractivity contribution in [2.24, 2.45) is 0 Å². The Bertz CT molecular complexity index is 984. The fraction of sp³-hybridized carbons (Fsp3) is 0.350. The minimum atomic E-state index is -0.271. The van der Waals surface area contributed by atoms with Crippen molar-refractivity contribution >= 4 is 22.6 Å². The van der Waals surface area contributed by atoms with Crippen molar-refractivity contribution in [3.8, 4) is 11.6 Å². The van der Waals surface area contributed by atoms with Crippen molar-refractivity contribution in [2.75, 3.05) is 39.4 Å². The van der Waals surface area contributed by atoms with Crippen LogP contribution in [0.25, 0.3) is 16.7 Å². The molecule has 2 aromatic heterocycles. The summed E-state index contributed by atoms with van der Waals surface area (Å²) in [5.41, 5.74) is 2.54. The third-order valence-corrected chi connectivity index (χ3v) is 4.20.